The molecule has 6 heteroatoms. The van der Waals surface area contributed by atoms with Crippen molar-refractivity contribution in [2.45, 2.75) is 18.9 Å². The van der Waals surface area contributed by atoms with Crippen LogP contribution in [0.15, 0.2) is 48.5 Å². The van der Waals surface area contributed by atoms with Crippen LogP contribution in [0.5, 0.6) is 0 Å². The number of hydrogen-bond acceptors (Lipinski definition) is 4. The van der Waals surface area contributed by atoms with Gasteiger partial charge in [-0.25, -0.2) is 4.98 Å². The average Bonchev–Trinajstić information content (AvgIpc) is 3.10. The van der Waals surface area contributed by atoms with Gasteiger partial charge in [0.2, 0.25) is 5.82 Å². The fraction of sp³-hybridized carbons (Fsp3) is 0.222. The second kappa shape index (κ2) is 6.17. The molecule has 1 saturated heterocycles. The van der Waals surface area contributed by atoms with E-state index >= 15 is 0 Å². The maximum atomic E-state index is 12.9. The molecule has 4 rings (SSSR count). The Morgan fingerprint density at radius 2 is 1.79 bits per heavy atom. The fourth-order valence-corrected chi connectivity index (χ4v) is 3.44. The van der Waals surface area contributed by atoms with Gasteiger partial charge in [0.25, 0.3) is 5.91 Å². The highest BCUT2D eigenvalue weighted by molar-refractivity contribution is 6.31. The average molecular weight is 339 g/mol. The lowest BCUT2D eigenvalue weighted by Gasteiger charge is -2.25. The third-order valence-corrected chi connectivity index (χ3v) is 4.67. The third-order valence-electron chi connectivity index (χ3n) is 4.33. The lowest BCUT2D eigenvalue weighted by molar-refractivity contribution is 0.0722. The van der Waals surface area contributed by atoms with Crippen molar-refractivity contribution in [1.29, 1.82) is 0 Å². The number of nitrogens with zero attached hydrogens (tertiary/aromatic N) is 4. The Morgan fingerprint density at radius 1 is 1.04 bits per heavy atom. The van der Waals surface area contributed by atoms with E-state index in [0.29, 0.717) is 22.6 Å². The van der Waals surface area contributed by atoms with Gasteiger partial charge >= 0.3 is 0 Å². The van der Waals surface area contributed by atoms with E-state index in [4.69, 9.17) is 11.6 Å². The van der Waals surface area contributed by atoms with E-state index in [-0.39, 0.29) is 17.8 Å². The third kappa shape index (κ3) is 2.61. The smallest absolute Gasteiger partial charge is 0.294 e. The first kappa shape index (κ1) is 15.0. The van der Waals surface area contributed by atoms with Crippen LogP contribution in [0.2, 0.25) is 5.02 Å². The number of hydrogen-bond donors (Lipinski definition) is 0. The summed E-state index contributed by atoms with van der Waals surface area (Å²) in [4.78, 5) is 19.1. The lowest BCUT2D eigenvalue weighted by atomic mass is 10.0. The van der Waals surface area contributed by atoms with Gasteiger partial charge in [-0.2, -0.15) is 0 Å². The zero-order valence-electron chi connectivity index (χ0n) is 12.9. The van der Waals surface area contributed by atoms with E-state index in [1.54, 1.807) is 4.90 Å². The van der Waals surface area contributed by atoms with E-state index in [9.17, 15) is 4.79 Å². The summed E-state index contributed by atoms with van der Waals surface area (Å²) in [7, 11) is 0. The van der Waals surface area contributed by atoms with Crippen LogP contribution in [0.3, 0.4) is 0 Å². The number of fused-ring (bicyclic) bond motifs is 1. The maximum absolute atomic E-state index is 12.9. The summed E-state index contributed by atoms with van der Waals surface area (Å²) in [5.74, 6) is -0.0664. The molecule has 0 aliphatic carbocycles. The molecular weight excluding hydrogens is 324 g/mol. The molecule has 120 valence electrons. The van der Waals surface area contributed by atoms with Gasteiger partial charge in [0.15, 0.2) is 0 Å². The van der Waals surface area contributed by atoms with Crippen molar-refractivity contribution in [3.63, 3.8) is 0 Å². The molecule has 1 aliphatic heterocycles. The topological polar surface area (TPSA) is 59.0 Å². The molecule has 1 fully saturated rings. The van der Waals surface area contributed by atoms with E-state index < -0.39 is 0 Å². The molecule has 0 bridgehead atoms. The van der Waals surface area contributed by atoms with Crippen molar-refractivity contribution in [3.05, 3.63) is 64.9 Å². The highest BCUT2D eigenvalue weighted by atomic mass is 35.5. The second-order valence-corrected chi connectivity index (χ2v) is 6.21. The number of rotatable bonds is 2. The molecule has 24 heavy (non-hydrogen) atoms. The normalized spacial score (nSPS) is 17.4. The summed E-state index contributed by atoms with van der Waals surface area (Å²) in [6, 6.07) is 15.0. The second-order valence-electron chi connectivity index (χ2n) is 5.80. The quantitative estimate of drug-likeness (QED) is 0.715. The van der Waals surface area contributed by atoms with Gasteiger partial charge in [-0.05, 0) is 36.6 Å². The summed E-state index contributed by atoms with van der Waals surface area (Å²) < 4.78 is 0. The Bertz CT molecular complexity index is 914. The molecule has 5 nitrogen and oxygen atoms in total. The summed E-state index contributed by atoms with van der Waals surface area (Å²) in [6.07, 6.45) is 1.82. The molecule has 3 aromatic rings. The van der Waals surface area contributed by atoms with E-state index in [0.717, 1.165) is 18.4 Å². The molecule has 0 N–H and O–H groups in total. The largest absolute Gasteiger partial charge is 0.329 e. The molecule has 1 atom stereocenters. The summed E-state index contributed by atoms with van der Waals surface area (Å²) in [5, 5.41) is 8.80. The highest BCUT2D eigenvalue weighted by Crippen LogP contribution is 2.36. The first-order chi connectivity index (χ1) is 11.7. The Balaban J connectivity index is 1.68. The Kier molecular flexibility index (Phi) is 3.86. The highest BCUT2D eigenvalue weighted by Gasteiger charge is 2.33. The number of amides is 1. The molecule has 2 heterocycles. The number of benzene rings is 2. The van der Waals surface area contributed by atoms with Crippen LogP contribution in [0.4, 0.5) is 0 Å². The molecule has 2 aromatic carbocycles. The van der Waals surface area contributed by atoms with Crippen LogP contribution in [-0.4, -0.2) is 32.5 Å². The van der Waals surface area contributed by atoms with Crippen molar-refractivity contribution in [1.82, 2.24) is 20.1 Å². The van der Waals surface area contributed by atoms with Crippen molar-refractivity contribution in [2.75, 3.05) is 6.54 Å². The fourth-order valence-electron chi connectivity index (χ4n) is 3.18. The number of para-hydroxylation sites is 1. The molecule has 0 unspecified atom stereocenters. The van der Waals surface area contributed by atoms with Crippen LogP contribution >= 0.6 is 11.6 Å². The van der Waals surface area contributed by atoms with Gasteiger partial charge in [0.05, 0.1) is 11.6 Å². The number of halogens is 1. The van der Waals surface area contributed by atoms with E-state index in [1.165, 1.54) is 0 Å². The van der Waals surface area contributed by atoms with Crippen molar-refractivity contribution in [3.8, 4) is 0 Å². The standard InChI is InChI=1S/C18H15ClN4O/c19-13-7-2-1-6-12(13)16-10-5-11-23(16)18(24)17-20-14-8-3-4-9-15(14)21-22-17/h1-4,6-9,16H,5,10-11H2/t16-/m0/s1. The van der Waals surface area contributed by atoms with Gasteiger partial charge in [-0.1, -0.05) is 41.9 Å². The van der Waals surface area contributed by atoms with Crippen molar-refractivity contribution < 1.29 is 4.79 Å². The maximum Gasteiger partial charge on any atom is 0.294 e. The van der Waals surface area contributed by atoms with Gasteiger partial charge in [0, 0.05) is 11.6 Å². The number of carbonyl (C=O) groups excluding carboxylic acids is 1. The van der Waals surface area contributed by atoms with Crippen LogP contribution in [0, 0.1) is 0 Å². The first-order valence-corrected chi connectivity index (χ1v) is 8.27. The summed E-state index contributed by atoms with van der Waals surface area (Å²) >= 11 is 6.32. The molecule has 1 aliphatic rings. The minimum Gasteiger partial charge on any atom is -0.329 e. The van der Waals surface area contributed by atoms with Crippen LogP contribution in [-0.2, 0) is 0 Å². The molecule has 1 aromatic heterocycles. The lowest BCUT2D eigenvalue weighted by Crippen LogP contribution is -2.32. The Hall–Kier alpha value is -2.53. The van der Waals surface area contributed by atoms with Crippen LogP contribution < -0.4 is 0 Å². The Labute approximate surface area is 144 Å². The SMILES string of the molecule is O=C(c1nnc2ccccc2n1)N1CCC[C@H]1c1ccccc1Cl. The number of likely N-dealkylation sites (tertiary alicyclic amines) is 1. The van der Waals surface area contributed by atoms with Crippen LogP contribution in [0.1, 0.15) is 35.1 Å². The van der Waals surface area contributed by atoms with Gasteiger partial charge in [-0.15, -0.1) is 10.2 Å². The predicted molar refractivity (Wildman–Crippen MR) is 91.8 cm³/mol. The summed E-state index contributed by atoms with van der Waals surface area (Å²) in [5.41, 5.74) is 2.32. The predicted octanol–water partition coefficient (Wildman–Crippen LogP) is 3.66. The Morgan fingerprint density at radius 3 is 2.62 bits per heavy atom. The molecular formula is C18H15ClN4O. The first-order valence-electron chi connectivity index (χ1n) is 7.89. The minimum absolute atomic E-state index is 0.0405. The van der Waals surface area contributed by atoms with Crippen molar-refractivity contribution in [2.24, 2.45) is 0 Å². The molecule has 0 saturated carbocycles. The van der Waals surface area contributed by atoms with E-state index in [1.807, 2.05) is 48.5 Å². The zero-order chi connectivity index (χ0) is 16.5. The van der Waals surface area contributed by atoms with Gasteiger partial charge in [-0.3, -0.25) is 4.79 Å². The molecule has 0 radical (unpaired) electrons. The number of carbonyl (C=O) groups is 1. The van der Waals surface area contributed by atoms with E-state index in [2.05, 4.69) is 15.2 Å². The van der Waals surface area contributed by atoms with Gasteiger partial charge < -0.3 is 4.90 Å². The molecule has 0 spiro atoms. The summed E-state index contributed by atoms with van der Waals surface area (Å²) in [6.45, 7) is 0.672. The monoisotopic (exact) mass is 338 g/mol. The molecule has 1 amide bonds. The zero-order valence-corrected chi connectivity index (χ0v) is 13.6. The van der Waals surface area contributed by atoms with Crippen molar-refractivity contribution >= 4 is 28.5 Å². The van der Waals surface area contributed by atoms with Crippen LogP contribution in [0.25, 0.3) is 11.0 Å². The van der Waals surface area contributed by atoms with Gasteiger partial charge in [0.1, 0.15) is 5.52 Å². The number of aromatic nitrogens is 3. The minimum atomic E-state index is -0.198.